The van der Waals surface area contributed by atoms with E-state index in [1.165, 1.54) is 11.8 Å². The summed E-state index contributed by atoms with van der Waals surface area (Å²) >= 11 is 1.52. The smallest absolute Gasteiger partial charge is 0.496 e. The maximum absolute atomic E-state index is 13.1. The molecule has 1 atom stereocenters. The average molecular weight is 462 g/mol. The molecule has 0 radical (unpaired) electrons. The lowest BCUT2D eigenvalue weighted by Gasteiger charge is -2.18. The van der Waals surface area contributed by atoms with Crippen LogP contribution in [-0.2, 0) is 9.09 Å². The molecular weight excluding hydrogens is 443 g/mol. The lowest BCUT2D eigenvalue weighted by molar-refractivity contribution is 0.278. The van der Waals surface area contributed by atoms with Crippen LogP contribution in [0.1, 0.15) is 11.1 Å². The zero-order chi connectivity index (χ0) is 22.1. The number of hydrogen-bond donors (Lipinski definition) is 1. The van der Waals surface area contributed by atoms with Crippen LogP contribution in [0.15, 0.2) is 94.7 Å². The molecule has 0 saturated carbocycles. The summed E-state index contributed by atoms with van der Waals surface area (Å²) in [5.41, 5.74) is 1.53. The molecule has 1 heterocycles. The number of phosphoric ester groups is 1. The number of rotatable bonds is 5. The lowest BCUT2D eigenvalue weighted by atomic mass is 10.1. The summed E-state index contributed by atoms with van der Waals surface area (Å²) < 4.78 is 29.9. The van der Waals surface area contributed by atoms with Gasteiger partial charge in [-0.1, -0.05) is 72.4 Å². The minimum atomic E-state index is -4.52. The van der Waals surface area contributed by atoms with Crippen LogP contribution in [0.4, 0.5) is 0 Å². The molecule has 5 nitrogen and oxygen atoms in total. The van der Waals surface area contributed by atoms with E-state index in [-0.39, 0.29) is 11.5 Å². The standard InChI is InChI=1S/C25H19O5PS/c1-28-22-14-7-12-20-23(16-18-9-3-5-15-24(18)32-25(20)22)30-31(26,27)29-21-13-6-10-17-8-2-4-11-19(17)21/h2-16H,1H3,(H,26,27). The van der Waals surface area contributed by atoms with Crippen LogP contribution < -0.4 is 9.26 Å². The molecule has 0 aromatic heterocycles. The average Bonchev–Trinajstić information content (AvgIpc) is 2.95. The highest BCUT2D eigenvalue weighted by molar-refractivity contribution is 7.99. The van der Waals surface area contributed by atoms with Crippen molar-refractivity contribution in [2.24, 2.45) is 0 Å². The first-order valence-electron chi connectivity index (χ1n) is 9.90. The van der Waals surface area contributed by atoms with Crippen molar-refractivity contribution in [3.05, 3.63) is 96.1 Å². The van der Waals surface area contributed by atoms with E-state index in [9.17, 15) is 9.46 Å². The number of methoxy groups -OCH3 is 1. The fourth-order valence-corrected chi connectivity index (χ4v) is 5.60. The largest absolute Gasteiger partial charge is 0.584 e. The van der Waals surface area contributed by atoms with Crippen LogP contribution in [0, 0.1) is 0 Å². The van der Waals surface area contributed by atoms with Crippen molar-refractivity contribution in [2.45, 2.75) is 9.79 Å². The molecule has 0 bridgehead atoms. The Hall–Kier alpha value is -3.18. The first-order chi connectivity index (χ1) is 15.5. The predicted molar refractivity (Wildman–Crippen MR) is 127 cm³/mol. The van der Waals surface area contributed by atoms with E-state index < -0.39 is 7.82 Å². The number of ether oxygens (including phenoxy) is 1. The summed E-state index contributed by atoms with van der Waals surface area (Å²) in [6.45, 7) is 0. The molecule has 4 aromatic rings. The van der Waals surface area contributed by atoms with Gasteiger partial charge in [-0.25, -0.2) is 4.57 Å². The van der Waals surface area contributed by atoms with E-state index in [2.05, 4.69) is 0 Å². The van der Waals surface area contributed by atoms with Gasteiger partial charge in [0.1, 0.15) is 17.3 Å². The first kappa shape index (κ1) is 20.7. The van der Waals surface area contributed by atoms with Gasteiger partial charge in [-0.05, 0) is 41.3 Å². The Kier molecular flexibility index (Phi) is 5.43. The molecule has 0 aliphatic carbocycles. The number of hydrogen-bond acceptors (Lipinski definition) is 5. The molecule has 160 valence electrons. The van der Waals surface area contributed by atoms with Crippen molar-refractivity contribution in [1.29, 1.82) is 0 Å². The van der Waals surface area contributed by atoms with Gasteiger partial charge in [0, 0.05) is 15.8 Å². The van der Waals surface area contributed by atoms with Gasteiger partial charge in [0.05, 0.1) is 12.0 Å². The molecule has 1 N–H and O–H groups in total. The van der Waals surface area contributed by atoms with Crippen LogP contribution in [0.5, 0.6) is 11.5 Å². The van der Waals surface area contributed by atoms with Crippen molar-refractivity contribution in [2.75, 3.05) is 7.11 Å². The Labute approximate surface area is 189 Å². The highest BCUT2D eigenvalue weighted by Gasteiger charge is 2.30. The highest BCUT2D eigenvalue weighted by Crippen LogP contribution is 2.53. The quantitative estimate of drug-likeness (QED) is 0.322. The van der Waals surface area contributed by atoms with Gasteiger partial charge >= 0.3 is 7.82 Å². The van der Waals surface area contributed by atoms with Crippen molar-refractivity contribution in [3.63, 3.8) is 0 Å². The zero-order valence-electron chi connectivity index (χ0n) is 17.1. The van der Waals surface area contributed by atoms with E-state index in [4.69, 9.17) is 13.8 Å². The van der Waals surface area contributed by atoms with Crippen LogP contribution in [0.2, 0.25) is 0 Å². The zero-order valence-corrected chi connectivity index (χ0v) is 18.8. The fourth-order valence-electron chi connectivity index (χ4n) is 3.62. The number of benzene rings is 4. The van der Waals surface area contributed by atoms with Crippen molar-refractivity contribution >= 4 is 42.2 Å². The Morgan fingerprint density at radius 2 is 1.53 bits per heavy atom. The Morgan fingerprint density at radius 1 is 0.812 bits per heavy atom. The van der Waals surface area contributed by atoms with Gasteiger partial charge < -0.3 is 13.8 Å². The molecular formula is C25H19O5PS. The van der Waals surface area contributed by atoms with Crippen LogP contribution in [-0.4, -0.2) is 12.0 Å². The molecule has 0 spiro atoms. The Morgan fingerprint density at radius 3 is 2.41 bits per heavy atom. The van der Waals surface area contributed by atoms with E-state index in [1.807, 2.05) is 72.8 Å². The van der Waals surface area contributed by atoms with Gasteiger partial charge in [-0.3, -0.25) is 4.89 Å². The van der Waals surface area contributed by atoms with E-state index in [0.717, 1.165) is 26.1 Å². The van der Waals surface area contributed by atoms with E-state index >= 15 is 0 Å². The summed E-state index contributed by atoms with van der Waals surface area (Å²) in [5, 5.41) is 1.63. The van der Waals surface area contributed by atoms with Crippen molar-refractivity contribution in [1.82, 2.24) is 0 Å². The van der Waals surface area contributed by atoms with Crippen molar-refractivity contribution in [3.8, 4) is 11.5 Å². The van der Waals surface area contributed by atoms with Gasteiger partial charge in [0.2, 0.25) is 0 Å². The third-order valence-corrected chi connectivity index (χ3v) is 7.13. The maximum atomic E-state index is 13.1. The molecule has 7 heteroatoms. The van der Waals surface area contributed by atoms with Gasteiger partial charge in [-0.15, -0.1) is 0 Å². The van der Waals surface area contributed by atoms with Crippen LogP contribution in [0.25, 0.3) is 22.6 Å². The topological polar surface area (TPSA) is 65.0 Å². The molecule has 0 fully saturated rings. The molecule has 1 aliphatic heterocycles. The third kappa shape index (κ3) is 4.00. The van der Waals surface area contributed by atoms with E-state index in [1.54, 1.807) is 25.3 Å². The summed E-state index contributed by atoms with van der Waals surface area (Å²) in [6, 6.07) is 26.1. The highest BCUT2D eigenvalue weighted by atomic mass is 32.2. The maximum Gasteiger partial charge on any atom is 0.584 e. The second-order valence-corrected chi connectivity index (χ2v) is 9.47. The predicted octanol–water partition coefficient (Wildman–Crippen LogP) is 7.01. The molecule has 4 aromatic carbocycles. The van der Waals surface area contributed by atoms with Crippen molar-refractivity contribution < 1.29 is 23.2 Å². The minimum Gasteiger partial charge on any atom is -0.496 e. The lowest BCUT2D eigenvalue weighted by Crippen LogP contribution is -1.99. The second kappa shape index (κ2) is 8.40. The Bertz CT molecular complexity index is 1390. The van der Waals surface area contributed by atoms with Gasteiger partial charge in [0.25, 0.3) is 0 Å². The van der Waals surface area contributed by atoms with Gasteiger partial charge in [-0.2, -0.15) is 0 Å². The molecule has 0 amide bonds. The normalized spacial score (nSPS) is 14.4. The molecule has 5 rings (SSSR count). The monoisotopic (exact) mass is 462 g/mol. The second-order valence-electron chi connectivity index (χ2n) is 7.11. The SMILES string of the molecule is COc1cccc2c1Sc1ccccc1C=C2OP(=O)(O)Oc1cccc2ccccc12. The molecule has 1 unspecified atom stereocenters. The number of fused-ring (bicyclic) bond motifs is 3. The van der Waals surface area contributed by atoms with Gasteiger partial charge in [0.15, 0.2) is 0 Å². The summed E-state index contributed by atoms with van der Waals surface area (Å²) in [6.07, 6.45) is 1.75. The minimum absolute atomic E-state index is 0.238. The third-order valence-electron chi connectivity index (χ3n) is 5.06. The molecule has 0 saturated heterocycles. The van der Waals surface area contributed by atoms with E-state index in [0.29, 0.717) is 11.3 Å². The van der Waals surface area contributed by atoms with Crippen LogP contribution in [0.3, 0.4) is 0 Å². The summed E-state index contributed by atoms with van der Waals surface area (Å²) in [7, 11) is -2.92. The fraction of sp³-hybridized carbons (Fsp3) is 0.0400. The summed E-state index contributed by atoms with van der Waals surface area (Å²) in [5.74, 6) is 1.17. The first-order valence-corrected chi connectivity index (χ1v) is 12.2. The molecule has 1 aliphatic rings. The van der Waals surface area contributed by atoms with Crippen LogP contribution >= 0.6 is 19.6 Å². The summed E-state index contributed by atoms with van der Waals surface area (Å²) in [4.78, 5) is 12.5. The molecule has 32 heavy (non-hydrogen) atoms. The Balaban J connectivity index is 1.56. The number of phosphoric acid groups is 1.